The number of amidine groups is 1. The first-order valence-corrected chi connectivity index (χ1v) is 5.96. The molecule has 4 N–H and O–H groups in total. The van der Waals surface area contributed by atoms with E-state index in [0.717, 1.165) is 17.9 Å². The second kappa shape index (κ2) is 6.98. The third-order valence-electron chi connectivity index (χ3n) is 2.85. The van der Waals surface area contributed by atoms with Gasteiger partial charge < -0.3 is 15.6 Å². The number of nitrogen functional groups attached to an aromatic ring is 1. The van der Waals surface area contributed by atoms with E-state index in [-0.39, 0.29) is 12.4 Å². The van der Waals surface area contributed by atoms with E-state index < -0.39 is 0 Å². The zero-order valence-electron chi connectivity index (χ0n) is 10.9. The molecule has 0 heterocycles. The first kappa shape index (κ1) is 14.5. The predicted octanol–water partition coefficient (Wildman–Crippen LogP) is 0.793. The Kier molecular flexibility index (Phi) is 5.61. The monoisotopic (exact) mass is 251 g/mol. The summed E-state index contributed by atoms with van der Waals surface area (Å²) in [5, 5.41) is 16.4. The number of benzene rings is 1. The third kappa shape index (κ3) is 3.72. The molecule has 0 aromatic heterocycles. The summed E-state index contributed by atoms with van der Waals surface area (Å²) in [5.41, 5.74) is 7.14. The number of nitrogens with two attached hydrogens (primary N) is 1. The maximum absolute atomic E-state index is 8.99. The van der Waals surface area contributed by atoms with Crippen molar-refractivity contribution in [2.45, 2.75) is 13.5 Å². The minimum absolute atomic E-state index is 0.0455. The van der Waals surface area contributed by atoms with Crippen LogP contribution in [0, 0.1) is 5.41 Å². The van der Waals surface area contributed by atoms with E-state index in [0.29, 0.717) is 18.7 Å². The molecule has 0 atom stereocenters. The summed E-state index contributed by atoms with van der Waals surface area (Å²) in [4.78, 5) is 2.10. The normalized spacial score (nSPS) is 10.7. The molecule has 1 aromatic rings. The minimum Gasteiger partial charge on any atom is -0.496 e. The maximum Gasteiger partial charge on any atom is 0.123 e. The number of nitrogens with zero attached hydrogens (tertiary/aromatic N) is 1. The average molecular weight is 251 g/mol. The molecule has 5 nitrogen and oxygen atoms in total. The van der Waals surface area contributed by atoms with Crippen molar-refractivity contribution in [1.82, 2.24) is 4.90 Å². The quantitative estimate of drug-likeness (QED) is 0.494. The SMILES string of the molecule is CCN(CCO)Cc1cc(C(=N)N)ccc1OC. The van der Waals surface area contributed by atoms with Crippen molar-refractivity contribution < 1.29 is 9.84 Å². The lowest BCUT2D eigenvalue weighted by Gasteiger charge is -2.21. The third-order valence-corrected chi connectivity index (χ3v) is 2.85. The fourth-order valence-corrected chi connectivity index (χ4v) is 1.80. The summed E-state index contributed by atoms with van der Waals surface area (Å²) in [6.45, 7) is 4.29. The maximum atomic E-state index is 8.99. The van der Waals surface area contributed by atoms with Gasteiger partial charge in [-0.25, -0.2) is 0 Å². The van der Waals surface area contributed by atoms with Crippen LogP contribution in [0.25, 0.3) is 0 Å². The number of likely N-dealkylation sites (N-methyl/N-ethyl adjacent to an activating group) is 1. The highest BCUT2D eigenvalue weighted by Crippen LogP contribution is 2.21. The van der Waals surface area contributed by atoms with Crippen molar-refractivity contribution in [1.29, 1.82) is 5.41 Å². The highest BCUT2D eigenvalue weighted by atomic mass is 16.5. The van der Waals surface area contributed by atoms with E-state index in [1.807, 2.05) is 19.1 Å². The zero-order chi connectivity index (χ0) is 13.5. The molecule has 0 spiro atoms. The molecule has 0 saturated heterocycles. The molecule has 0 bridgehead atoms. The summed E-state index contributed by atoms with van der Waals surface area (Å²) in [6, 6.07) is 5.45. The Bertz CT molecular complexity index is 407. The second-order valence-corrected chi connectivity index (χ2v) is 4.03. The molecule has 1 rings (SSSR count). The van der Waals surface area contributed by atoms with E-state index in [1.165, 1.54) is 0 Å². The summed E-state index contributed by atoms with van der Waals surface area (Å²) < 4.78 is 5.30. The molecule has 0 aliphatic rings. The number of aliphatic hydroxyl groups excluding tert-OH is 1. The van der Waals surface area contributed by atoms with Crippen molar-refractivity contribution in [3.63, 3.8) is 0 Å². The van der Waals surface area contributed by atoms with Gasteiger partial charge in [0.15, 0.2) is 0 Å². The first-order valence-electron chi connectivity index (χ1n) is 5.96. The van der Waals surface area contributed by atoms with E-state index in [9.17, 15) is 0 Å². The van der Waals surface area contributed by atoms with E-state index in [1.54, 1.807) is 13.2 Å². The van der Waals surface area contributed by atoms with Gasteiger partial charge in [-0.1, -0.05) is 6.92 Å². The number of hydrogen-bond donors (Lipinski definition) is 3. The molecule has 0 aliphatic heterocycles. The fourth-order valence-electron chi connectivity index (χ4n) is 1.80. The molecule has 0 amide bonds. The molecule has 0 radical (unpaired) electrons. The largest absolute Gasteiger partial charge is 0.496 e. The van der Waals surface area contributed by atoms with Crippen LogP contribution in [0.1, 0.15) is 18.1 Å². The lowest BCUT2D eigenvalue weighted by atomic mass is 10.1. The Balaban J connectivity index is 2.96. The second-order valence-electron chi connectivity index (χ2n) is 4.03. The molecular weight excluding hydrogens is 230 g/mol. The van der Waals surface area contributed by atoms with Crippen LogP contribution >= 0.6 is 0 Å². The average Bonchev–Trinajstić information content (AvgIpc) is 2.37. The van der Waals surface area contributed by atoms with Crippen LogP contribution in [0.15, 0.2) is 18.2 Å². The fraction of sp³-hybridized carbons (Fsp3) is 0.462. The smallest absolute Gasteiger partial charge is 0.123 e. The lowest BCUT2D eigenvalue weighted by Crippen LogP contribution is -2.26. The Labute approximate surface area is 108 Å². The van der Waals surface area contributed by atoms with Gasteiger partial charge >= 0.3 is 0 Å². The van der Waals surface area contributed by atoms with Crippen LogP contribution in [-0.4, -0.2) is 42.6 Å². The van der Waals surface area contributed by atoms with E-state index >= 15 is 0 Å². The van der Waals surface area contributed by atoms with Crippen molar-refractivity contribution in [2.75, 3.05) is 26.8 Å². The molecule has 0 aliphatic carbocycles. The number of rotatable bonds is 7. The van der Waals surface area contributed by atoms with Crippen molar-refractivity contribution >= 4 is 5.84 Å². The van der Waals surface area contributed by atoms with Gasteiger partial charge in [0.1, 0.15) is 11.6 Å². The number of ether oxygens (including phenoxy) is 1. The number of aliphatic hydroxyl groups is 1. The van der Waals surface area contributed by atoms with Gasteiger partial charge in [-0.2, -0.15) is 0 Å². The van der Waals surface area contributed by atoms with Crippen LogP contribution in [-0.2, 0) is 6.54 Å². The van der Waals surface area contributed by atoms with Crippen LogP contribution < -0.4 is 10.5 Å². The standard InChI is InChI=1S/C13H21N3O2/c1-3-16(6-7-17)9-11-8-10(13(14)15)4-5-12(11)18-2/h4-5,8,17H,3,6-7,9H2,1-2H3,(H3,14,15). The lowest BCUT2D eigenvalue weighted by molar-refractivity contribution is 0.195. The van der Waals surface area contributed by atoms with Crippen LogP contribution in [0.5, 0.6) is 5.75 Å². The molecule has 0 saturated carbocycles. The Morgan fingerprint density at radius 3 is 2.72 bits per heavy atom. The number of methoxy groups -OCH3 is 1. The highest BCUT2D eigenvalue weighted by molar-refractivity contribution is 5.95. The molecule has 5 heteroatoms. The Morgan fingerprint density at radius 2 is 2.22 bits per heavy atom. The number of hydrogen-bond acceptors (Lipinski definition) is 4. The molecule has 0 fully saturated rings. The molecule has 100 valence electrons. The summed E-state index contributed by atoms with van der Waals surface area (Å²) in [5.74, 6) is 0.820. The van der Waals surface area contributed by atoms with Crippen LogP contribution in [0.2, 0.25) is 0 Å². The van der Waals surface area contributed by atoms with E-state index in [4.69, 9.17) is 21.0 Å². The topological polar surface area (TPSA) is 82.6 Å². The van der Waals surface area contributed by atoms with Gasteiger partial charge in [0.2, 0.25) is 0 Å². The van der Waals surface area contributed by atoms with Crippen LogP contribution in [0.4, 0.5) is 0 Å². The zero-order valence-corrected chi connectivity index (χ0v) is 10.9. The summed E-state index contributed by atoms with van der Waals surface area (Å²) >= 11 is 0. The first-order chi connectivity index (χ1) is 8.62. The minimum atomic E-state index is 0.0455. The van der Waals surface area contributed by atoms with Crippen molar-refractivity contribution in [3.8, 4) is 5.75 Å². The van der Waals surface area contributed by atoms with Gasteiger partial charge in [0, 0.05) is 24.2 Å². The summed E-state index contributed by atoms with van der Waals surface area (Å²) in [6.07, 6.45) is 0. The highest BCUT2D eigenvalue weighted by Gasteiger charge is 2.10. The molecule has 18 heavy (non-hydrogen) atoms. The predicted molar refractivity (Wildman–Crippen MR) is 72.0 cm³/mol. The van der Waals surface area contributed by atoms with Gasteiger partial charge in [-0.15, -0.1) is 0 Å². The van der Waals surface area contributed by atoms with Crippen molar-refractivity contribution in [3.05, 3.63) is 29.3 Å². The number of nitrogens with one attached hydrogen (secondary N) is 1. The van der Waals surface area contributed by atoms with Gasteiger partial charge in [-0.05, 0) is 24.7 Å². The van der Waals surface area contributed by atoms with E-state index in [2.05, 4.69) is 4.90 Å². The van der Waals surface area contributed by atoms with Crippen LogP contribution in [0.3, 0.4) is 0 Å². The van der Waals surface area contributed by atoms with Crippen molar-refractivity contribution in [2.24, 2.45) is 5.73 Å². The Morgan fingerprint density at radius 1 is 1.50 bits per heavy atom. The van der Waals surface area contributed by atoms with Gasteiger partial charge in [0.25, 0.3) is 0 Å². The summed E-state index contributed by atoms with van der Waals surface area (Å²) in [7, 11) is 1.62. The molecular formula is C13H21N3O2. The molecule has 1 aromatic carbocycles. The molecule has 0 unspecified atom stereocenters. The Hall–Kier alpha value is -1.59. The van der Waals surface area contributed by atoms with Gasteiger partial charge in [-0.3, -0.25) is 10.3 Å². The van der Waals surface area contributed by atoms with Gasteiger partial charge in [0.05, 0.1) is 13.7 Å².